The smallest absolute Gasteiger partial charge is 0.181 e. The molecule has 0 unspecified atom stereocenters. The molecule has 3 N–H and O–H groups in total. The van der Waals surface area contributed by atoms with Crippen molar-refractivity contribution in [2.45, 2.75) is 32.9 Å². The lowest BCUT2D eigenvalue weighted by Gasteiger charge is -2.35. The number of H-pyrrole nitrogens is 1. The first-order valence-electron chi connectivity index (χ1n) is 9.53. The number of aliphatic hydroxyl groups excluding tert-OH is 1. The number of fused-ring (bicyclic) bond motifs is 1. The van der Waals surface area contributed by atoms with Crippen LogP contribution in [-0.4, -0.2) is 50.9 Å². The Morgan fingerprint density at radius 2 is 2.26 bits per heavy atom. The van der Waals surface area contributed by atoms with E-state index < -0.39 is 0 Å². The van der Waals surface area contributed by atoms with E-state index in [1.165, 1.54) is 0 Å². The van der Waals surface area contributed by atoms with Gasteiger partial charge in [0, 0.05) is 40.1 Å². The quantitative estimate of drug-likeness (QED) is 0.640. The van der Waals surface area contributed by atoms with Crippen LogP contribution in [0, 0.1) is 5.92 Å². The molecule has 0 radical (unpaired) electrons. The molecule has 7 heteroatoms. The first kappa shape index (κ1) is 17.9. The molecule has 0 bridgehead atoms. The van der Waals surface area contributed by atoms with Gasteiger partial charge >= 0.3 is 0 Å². The Morgan fingerprint density at radius 1 is 1.37 bits per heavy atom. The van der Waals surface area contributed by atoms with Crippen LogP contribution in [-0.2, 0) is 6.61 Å². The number of nitrogens with zero attached hydrogens (tertiary/aromatic N) is 4. The summed E-state index contributed by atoms with van der Waals surface area (Å²) in [5, 5.41) is 21.6. The molecule has 1 aliphatic heterocycles. The van der Waals surface area contributed by atoms with Gasteiger partial charge in [-0.05, 0) is 42.2 Å². The molecule has 4 rings (SSSR count). The summed E-state index contributed by atoms with van der Waals surface area (Å²) in [5.41, 5.74) is 3.14. The number of aromatic amines is 1. The van der Waals surface area contributed by atoms with Gasteiger partial charge in [0.05, 0.1) is 18.0 Å². The molecular weight excluding hydrogens is 340 g/mol. The van der Waals surface area contributed by atoms with Crippen molar-refractivity contribution < 1.29 is 7.96 Å². The molecular formula is C20H30N6O. The van der Waals surface area contributed by atoms with Crippen molar-refractivity contribution in [1.82, 2.24) is 25.5 Å². The van der Waals surface area contributed by atoms with Gasteiger partial charge in [-0.2, -0.15) is 5.10 Å². The van der Waals surface area contributed by atoms with Crippen LogP contribution in [0.4, 0.5) is 5.82 Å². The highest BCUT2D eigenvalue weighted by Crippen LogP contribution is 2.27. The zero-order valence-corrected chi connectivity index (χ0v) is 15.8. The van der Waals surface area contributed by atoms with Crippen LogP contribution in [0.2, 0.25) is 0 Å². The fraction of sp³-hybridized carbons (Fsp3) is 0.450. The summed E-state index contributed by atoms with van der Waals surface area (Å²) in [7, 11) is 0. The molecule has 4 heterocycles. The van der Waals surface area contributed by atoms with Crippen LogP contribution in [0.25, 0.3) is 22.4 Å². The first-order valence-corrected chi connectivity index (χ1v) is 9.53. The van der Waals surface area contributed by atoms with Gasteiger partial charge in [0.2, 0.25) is 0 Å². The number of hydrogen-bond acceptors (Lipinski definition) is 6. The van der Waals surface area contributed by atoms with E-state index in [0.29, 0.717) is 17.6 Å². The molecule has 1 atom stereocenters. The normalized spacial score (nSPS) is 17.8. The molecule has 0 aromatic carbocycles. The van der Waals surface area contributed by atoms with Crippen molar-refractivity contribution in [2.75, 3.05) is 24.5 Å². The molecule has 0 aliphatic carbocycles. The summed E-state index contributed by atoms with van der Waals surface area (Å²) in [6.45, 7) is 7.25. The van der Waals surface area contributed by atoms with Gasteiger partial charge in [0.1, 0.15) is 5.82 Å². The number of piperazine rings is 1. The molecule has 1 aliphatic rings. The molecule has 1 fully saturated rings. The second-order valence-corrected chi connectivity index (χ2v) is 7.58. The molecule has 0 amide bonds. The fourth-order valence-electron chi connectivity index (χ4n) is 3.76. The molecule has 3 aromatic rings. The van der Waals surface area contributed by atoms with Crippen molar-refractivity contribution in [3.05, 3.63) is 36.0 Å². The summed E-state index contributed by atoms with van der Waals surface area (Å²) < 4.78 is 0. The van der Waals surface area contributed by atoms with Gasteiger partial charge in [-0.1, -0.05) is 13.8 Å². The van der Waals surface area contributed by atoms with Crippen molar-refractivity contribution >= 4 is 16.9 Å². The van der Waals surface area contributed by atoms with E-state index in [4.69, 9.17) is 4.98 Å². The minimum Gasteiger partial charge on any atom is -0.392 e. The SMILES string of the molecule is CC(C)C[C@H]1CN(c2cc(CO)cc(-c3[nH]nc4ncccc34)n2)CCN1.[HH].[HH]. The highest BCUT2D eigenvalue weighted by atomic mass is 16.3. The van der Waals surface area contributed by atoms with E-state index in [-0.39, 0.29) is 9.46 Å². The minimum absolute atomic E-state index is 0. The first-order chi connectivity index (χ1) is 13.1. The average molecular weight is 371 g/mol. The minimum atomic E-state index is -0.0195. The van der Waals surface area contributed by atoms with E-state index in [1.54, 1.807) is 6.20 Å². The number of aliphatic hydroxyl groups is 1. The summed E-state index contributed by atoms with van der Waals surface area (Å²) in [6.07, 6.45) is 2.87. The Hall–Kier alpha value is -2.51. The number of hydrogen-bond donors (Lipinski definition) is 3. The number of rotatable bonds is 5. The van der Waals surface area contributed by atoms with Gasteiger partial charge < -0.3 is 15.3 Å². The molecule has 0 spiro atoms. The van der Waals surface area contributed by atoms with Gasteiger partial charge in [0.15, 0.2) is 5.65 Å². The zero-order valence-electron chi connectivity index (χ0n) is 15.8. The van der Waals surface area contributed by atoms with Gasteiger partial charge in [0.25, 0.3) is 0 Å². The maximum atomic E-state index is 9.77. The predicted molar refractivity (Wildman–Crippen MR) is 111 cm³/mol. The summed E-state index contributed by atoms with van der Waals surface area (Å²) >= 11 is 0. The van der Waals surface area contributed by atoms with Crippen molar-refractivity contribution in [3.63, 3.8) is 0 Å². The highest BCUT2D eigenvalue weighted by Gasteiger charge is 2.22. The number of aromatic nitrogens is 4. The van der Waals surface area contributed by atoms with Crippen molar-refractivity contribution in [2.24, 2.45) is 5.92 Å². The van der Waals surface area contributed by atoms with Crippen LogP contribution in [0.3, 0.4) is 0 Å². The maximum absolute atomic E-state index is 9.77. The summed E-state index contributed by atoms with van der Waals surface area (Å²) in [4.78, 5) is 11.5. The topological polar surface area (TPSA) is 90.0 Å². The van der Waals surface area contributed by atoms with E-state index in [1.807, 2.05) is 24.3 Å². The Labute approximate surface area is 161 Å². The molecule has 146 valence electrons. The summed E-state index contributed by atoms with van der Waals surface area (Å²) in [6, 6.07) is 8.23. The Balaban J connectivity index is 0.00000150. The lowest BCUT2D eigenvalue weighted by atomic mass is 10.0. The highest BCUT2D eigenvalue weighted by molar-refractivity contribution is 5.89. The predicted octanol–water partition coefficient (Wildman–Crippen LogP) is 2.83. The third-order valence-electron chi connectivity index (χ3n) is 4.98. The standard InChI is InChI=1S/C20H26N6O.2H2/c1-13(2)8-15-11-26(7-6-21-15)18-10-14(12-27)9-17(23-18)19-16-4-3-5-22-20(16)25-24-19;;/h3-5,9-10,13,15,21,27H,6-8,11-12H2,1-2H3,(H,22,24,25);2*1H/t15-;;/m0../s1. The van der Waals surface area contributed by atoms with Crippen molar-refractivity contribution in [1.29, 1.82) is 0 Å². The molecule has 0 saturated carbocycles. The van der Waals surface area contributed by atoms with Gasteiger partial charge in [-0.25, -0.2) is 9.97 Å². The number of pyridine rings is 2. The third kappa shape index (κ3) is 3.79. The number of nitrogens with one attached hydrogen (secondary N) is 2. The largest absolute Gasteiger partial charge is 0.392 e. The van der Waals surface area contributed by atoms with Crippen LogP contribution in [0.1, 0.15) is 28.7 Å². The van der Waals surface area contributed by atoms with Crippen molar-refractivity contribution in [3.8, 4) is 11.4 Å². The fourth-order valence-corrected chi connectivity index (χ4v) is 3.76. The van der Waals surface area contributed by atoms with Gasteiger partial charge in [-0.3, -0.25) is 5.10 Å². The third-order valence-corrected chi connectivity index (χ3v) is 4.98. The molecule has 27 heavy (non-hydrogen) atoms. The lowest BCUT2D eigenvalue weighted by Crippen LogP contribution is -2.51. The second kappa shape index (κ2) is 7.62. The van der Waals surface area contributed by atoms with Gasteiger partial charge in [-0.15, -0.1) is 0 Å². The molecule has 1 saturated heterocycles. The Morgan fingerprint density at radius 3 is 3.07 bits per heavy atom. The van der Waals surface area contributed by atoms with E-state index in [2.05, 4.69) is 39.2 Å². The van der Waals surface area contributed by atoms with Crippen LogP contribution >= 0.6 is 0 Å². The average Bonchev–Trinajstić information content (AvgIpc) is 3.11. The van der Waals surface area contributed by atoms with Crippen LogP contribution < -0.4 is 10.2 Å². The van der Waals surface area contributed by atoms with E-state index >= 15 is 0 Å². The maximum Gasteiger partial charge on any atom is 0.181 e. The number of anilines is 1. The second-order valence-electron chi connectivity index (χ2n) is 7.58. The molecule has 7 nitrogen and oxygen atoms in total. The van der Waals surface area contributed by atoms with E-state index in [0.717, 1.165) is 54.2 Å². The van der Waals surface area contributed by atoms with Crippen LogP contribution in [0.5, 0.6) is 0 Å². The van der Waals surface area contributed by atoms with Crippen LogP contribution in [0.15, 0.2) is 30.5 Å². The molecule has 3 aromatic heterocycles. The summed E-state index contributed by atoms with van der Waals surface area (Å²) in [5.74, 6) is 1.55. The zero-order chi connectivity index (χ0) is 18.8. The lowest BCUT2D eigenvalue weighted by molar-refractivity contribution is 0.281. The monoisotopic (exact) mass is 370 g/mol. The Bertz CT molecular complexity index is 932. The van der Waals surface area contributed by atoms with E-state index in [9.17, 15) is 5.11 Å². The Kier molecular flexibility index (Phi) is 5.05.